The van der Waals surface area contributed by atoms with Crippen LogP contribution in [0.1, 0.15) is 86.3 Å². The van der Waals surface area contributed by atoms with Gasteiger partial charge in [0.2, 0.25) is 0 Å². The van der Waals surface area contributed by atoms with E-state index in [2.05, 4.69) is 107 Å². The molecular weight excluding hydrogens is 480 g/mol. The fourth-order valence-electron chi connectivity index (χ4n) is 3.60. The minimum atomic E-state index is -2.05. The van der Waals surface area contributed by atoms with Crippen LogP contribution in [0.15, 0.2) is 23.8 Å². The summed E-state index contributed by atoms with van der Waals surface area (Å²) >= 11 is 0. The van der Waals surface area contributed by atoms with Crippen molar-refractivity contribution in [3.63, 3.8) is 0 Å². The molecule has 1 aliphatic rings. The third-order valence-electron chi connectivity index (χ3n) is 8.62. The second-order valence-electron chi connectivity index (χ2n) is 14.2. The molecule has 4 nitrogen and oxygen atoms in total. The molecule has 0 radical (unpaired) electrons. The SMILES string of the molecule is COc1cc(CO[Si](C)(C)C(C)(C)C)cc(CC=C(C)CC[C@H]2OC2(C)C)c1O[Si](C)(C)C(C)(C)C. The van der Waals surface area contributed by atoms with Gasteiger partial charge in [0.05, 0.1) is 25.4 Å². The van der Waals surface area contributed by atoms with Gasteiger partial charge in [0.25, 0.3) is 8.32 Å². The van der Waals surface area contributed by atoms with Gasteiger partial charge in [-0.3, -0.25) is 0 Å². The Morgan fingerprint density at radius 2 is 1.56 bits per heavy atom. The fraction of sp³-hybridized carbons (Fsp3) is 0.733. The predicted molar refractivity (Wildman–Crippen MR) is 158 cm³/mol. The lowest BCUT2D eigenvalue weighted by Crippen LogP contribution is -2.44. The molecule has 0 aromatic heterocycles. The van der Waals surface area contributed by atoms with Gasteiger partial charge in [-0.25, -0.2) is 0 Å². The Labute approximate surface area is 224 Å². The van der Waals surface area contributed by atoms with Gasteiger partial charge in [-0.2, -0.15) is 0 Å². The maximum absolute atomic E-state index is 6.87. The predicted octanol–water partition coefficient (Wildman–Crippen LogP) is 9.05. The Balaban J connectivity index is 2.36. The van der Waals surface area contributed by atoms with E-state index < -0.39 is 16.6 Å². The van der Waals surface area contributed by atoms with Crippen LogP contribution in [-0.2, 0) is 22.2 Å². The summed E-state index contributed by atoms with van der Waals surface area (Å²) in [5, 5.41) is 0.271. The van der Waals surface area contributed by atoms with Gasteiger partial charge in [-0.15, -0.1) is 0 Å². The van der Waals surface area contributed by atoms with Gasteiger partial charge >= 0.3 is 0 Å². The highest BCUT2D eigenvalue weighted by atomic mass is 28.4. The second kappa shape index (κ2) is 11.0. The molecule has 6 heteroatoms. The van der Waals surface area contributed by atoms with Crippen LogP contribution in [0, 0.1) is 0 Å². The number of hydrogen-bond donors (Lipinski definition) is 0. The average molecular weight is 535 g/mol. The Bertz CT molecular complexity index is 933. The highest BCUT2D eigenvalue weighted by Gasteiger charge is 2.46. The van der Waals surface area contributed by atoms with Crippen molar-refractivity contribution in [3.05, 3.63) is 34.9 Å². The number of benzene rings is 1. The second-order valence-corrected chi connectivity index (χ2v) is 23.7. The first-order valence-electron chi connectivity index (χ1n) is 13.6. The van der Waals surface area contributed by atoms with Crippen molar-refractivity contribution in [2.24, 2.45) is 0 Å². The van der Waals surface area contributed by atoms with Crippen LogP contribution in [0.25, 0.3) is 0 Å². The van der Waals surface area contributed by atoms with E-state index in [0.717, 1.165) is 36.3 Å². The van der Waals surface area contributed by atoms with Crippen LogP contribution in [0.3, 0.4) is 0 Å². The van der Waals surface area contributed by atoms with E-state index in [9.17, 15) is 0 Å². The van der Waals surface area contributed by atoms with Crippen LogP contribution in [0.2, 0.25) is 36.3 Å². The Morgan fingerprint density at radius 3 is 2.03 bits per heavy atom. The molecule has 0 bridgehead atoms. The van der Waals surface area contributed by atoms with Gasteiger partial charge in [0.1, 0.15) is 5.75 Å². The molecule has 1 aromatic rings. The molecule has 1 fully saturated rings. The lowest BCUT2D eigenvalue weighted by atomic mass is 10.0. The van der Waals surface area contributed by atoms with E-state index >= 15 is 0 Å². The van der Waals surface area contributed by atoms with Crippen molar-refractivity contribution in [3.8, 4) is 11.5 Å². The smallest absolute Gasteiger partial charge is 0.250 e. The molecule has 0 N–H and O–H groups in total. The van der Waals surface area contributed by atoms with Crippen molar-refractivity contribution in [1.29, 1.82) is 0 Å². The molecule has 0 spiro atoms. The van der Waals surface area contributed by atoms with Crippen LogP contribution < -0.4 is 9.16 Å². The van der Waals surface area contributed by atoms with Crippen LogP contribution in [0.5, 0.6) is 11.5 Å². The highest BCUT2D eigenvalue weighted by Crippen LogP contribution is 2.43. The molecular formula is C30H54O4Si2. The van der Waals surface area contributed by atoms with Crippen molar-refractivity contribution in [1.82, 2.24) is 0 Å². The fourth-order valence-corrected chi connectivity index (χ4v) is 5.61. The highest BCUT2D eigenvalue weighted by molar-refractivity contribution is 6.75. The van der Waals surface area contributed by atoms with E-state index in [1.54, 1.807) is 7.11 Å². The minimum Gasteiger partial charge on any atom is -0.541 e. The van der Waals surface area contributed by atoms with Gasteiger partial charge in [0, 0.05) is 5.56 Å². The third-order valence-corrected chi connectivity index (χ3v) is 17.4. The number of allylic oxidation sites excluding steroid dienone is 2. The molecule has 1 atom stereocenters. The summed E-state index contributed by atoms with van der Waals surface area (Å²) in [4.78, 5) is 0. The lowest BCUT2D eigenvalue weighted by molar-refractivity contribution is 0.275. The van der Waals surface area contributed by atoms with Crippen LogP contribution in [-0.4, -0.2) is 35.4 Å². The number of epoxide rings is 1. The van der Waals surface area contributed by atoms with Crippen LogP contribution in [0.4, 0.5) is 0 Å². The minimum absolute atomic E-state index is 0.0519. The monoisotopic (exact) mass is 534 g/mol. The summed E-state index contributed by atoms with van der Waals surface area (Å²) in [6.45, 7) is 30.0. The topological polar surface area (TPSA) is 40.2 Å². The number of hydrogen-bond acceptors (Lipinski definition) is 4. The van der Waals surface area contributed by atoms with E-state index in [0.29, 0.717) is 12.7 Å². The van der Waals surface area contributed by atoms with Gasteiger partial charge in [-0.05, 0) is 94.0 Å². The summed E-state index contributed by atoms with van der Waals surface area (Å²) in [6.07, 6.45) is 5.68. The molecule has 0 aliphatic carbocycles. The number of ether oxygens (including phenoxy) is 2. The van der Waals surface area contributed by atoms with E-state index in [1.807, 2.05) is 0 Å². The quantitative estimate of drug-likeness (QED) is 0.161. The first-order valence-corrected chi connectivity index (χ1v) is 19.4. The summed E-state index contributed by atoms with van der Waals surface area (Å²) in [6, 6.07) is 4.39. The molecule has 0 saturated carbocycles. The molecule has 1 heterocycles. The Kier molecular flexibility index (Phi) is 9.47. The zero-order valence-corrected chi connectivity index (χ0v) is 27.8. The van der Waals surface area contributed by atoms with E-state index in [4.69, 9.17) is 18.3 Å². The summed E-state index contributed by atoms with van der Waals surface area (Å²) in [5.41, 5.74) is 3.77. The summed E-state index contributed by atoms with van der Waals surface area (Å²) in [5.74, 6) is 1.71. The van der Waals surface area contributed by atoms with Gasteiger partial charge in [0.15, 0.2) is 14.1 Å². The summed E-state index contributed by atoms with van der Waals surface area (Å²) in [7, 11) is -2.17. The first kappa shape index (κ1) is 31.1. The largest absolute Gasteiger partial charge is 0.541 e. The van der Waals surface area contributed by atoms with Gasteiger partial charge in [-0.1, -0.05) is 53.2 Å². The zero-order valence-electron chi connectivity index (χ0n) is 25.8. The number of methoxy groups -OCH3 is 1. The first-order chi connectivity index (χ1) is 16.2. The average Bonchev–Trinajstić information content (AvgIpc) is 3.34. The maximum atomic E-state index is 6.87. The van der Waals surface area contributed by atoms with Crippen LogP contribution >= 0.6 is 0 Å². The van der Waals surface area contributed by atoms with E-state index in [1.165, 1.54) is 11.1 Å². The van der Waals surface area contributed by atoms with Gasteiger partial charge < -0.3 is 18.3 Å². The molecule has 0 unspecified atom stereocenters. The third kappa shape index (κ3) is 7.96. The molecule has 36 heavy (non-hydrogen) atoms. The van der Waals surface area contributed by atoms with Crippen molar-refractivity contribution in [2.45, 2.75) is 136 Å². The van der Waals surface area contributed by atoms with Crippen molar-refractivity contribution >= 4 is 16.6 Å². The Morgan fingerprint density at radius 1 is 1.00 bits per heavy atom. The molecule has 206 valence electrons. The normalized spacial score (nSPS) is 18.8. The number of rotatable bonds is 11. The molecule has 2 rings (SSSR count). The maximum Gasteiger partial charge on any atom is 0.250 e. The Hall–Kier alpha value is -1.09. The van der Waals surface area contributed by atoms with E-state index in [-0.39, 0.29) is 15.7 Å². The standard InChI is InChI=1S/C30H54O4Si2/c1-22(16-18-26-30(8,9)33-26)15-17-24-19-23(21-32-35(11,12)28(2,3)4)20-25(31-10)27(24)34-36(13,14)29(5,6)7/h15,19-20,26H,16-18,21H2,1-14H3/t26-/m1/s1. The molecule has 1 aromatic carbocycles. The lowest BCUT2D eigenvalue weighted by Gasteiger charge is -2.38. The zero-order chi connectivity index (χ0) is 27.7. The molecule has 0 amide bonds. The van der Waals surface area contributed by atoms with Crippen molar-refractivity contribution in [2.75, 3.05) is 7.11 Å². The van der Waals surface area contributed by atoms with Crippen molar-refractivity contribution < 1.29 is 18.3 Å². The molecule has 1 aliphatic heterocycles. The summed E-state index contributed by atoms with van der Waals surface area (Å²) < 4.78 is 25.1. The molecule has 1 saturated heterocycles.